The molecule has 2 aliphatic heterocycles. The molecule has 0 aliphatic carbocycles. The summed E-state index contributed by atoms with van der Waals surface area (Å²) in [7, 11) is 1.66. The first kappa shape index (κ1) is 22.4. The van der Waals surface area contributed by atoms with E-state index in [0.29, 0.717) is 5.56 Å². The first-order valence-corrected chi connectivity index (χ1v) is 11.5. The van der Waals surface area contributed by atoms with Crippen molar-refractivity contribution in [2.45, 2.75) is 39.2 Å². The van der Waals surface area contributed by atoms with Crippen molar-refractivity contribution >= 4 is 5.84 Å². The first-order chi connectivity index (χ1) is 16.4. The summed E-state index contributed by atoms with van der Waals surface area (Å²) in [6.07, 6.45) is 6.44. The summed E-state index contributed by atoms with van der Waals surface area (Å²) < 4.78 is 36.1. The Kier molecular flexibility index (Phi) is 5.98. The van der Waals surface area contributed by atoms with Crippen molar-refractivity contribution in [3.8, 4) is 11.4 Å². The molecule has 2 aliphatic rings. The smallest absolute Gasteiger partial charge is 0.148 e. The van der Waals surface area contributed by atoms with Crippen LogP contribution in [0.4, 0.5) is 8.78 Å². The number of aromatic nitrogens is 2. The number of oxime groups is 1. The van der Waals surface area contributed by atoms with Gasteiger partial charge in [0.2, 0.25) is 0 Å². The average molecular weight is 467 g/mol. The van der Waals surface area contributed by atoms with Crippen LogP contribution in [0, 0.1) is 31.4 Å². The molecule has 0 radical (unpaired) electrons. The van der Waals surface area contributed by atoms with Crippen LogP contribution in [-0.2, 0) is 11.3 Å². The van der Waals surface area contributed by atoms with Crippen molar-refractivity contribution in [1.29, 1.82) is 0 Å². The minimum Gasteiger partial charge on any atom is -0.495 e. The van der Waals surface area contributed by atoms with Crippen molar-refractivity contribution in [2.24, 2.45) is 11.1 Å². The highest BCUT2D eigenvalue weighted by Crippen LogP contribution is 2.35. The van der Waals surface area contributed by atoms with E-state index in [-0.39, 0.29) is 24.1 Å². The molecule has 2 aromatic carbocycles. The third kappa shape index (κ3) is 4.13. The Balaban J connectivity index is 1.39. The van der Waals surface area contributed by atoms with Crippen LogP contribution in [0.3, 0.4) is 0 Å². The van der Waals surface area contributed by atoms with Crippen molar-refractivity contribution in [2.75, 3.05) is 20.3 Å². The lowest BCUT2D eigenvalue weighted by Gasteiger charge is -2.42. The molecule has 0 spiro atoms. The second-order valence-corrected chi connectivity index (χ2v) is 9.04. The Morgan fingerprint density at radius 1 is 1.15 bits per heavy atom. The van der Waals surface area contributed by atoms with E-state index in [2.05, 4.69) is 27.2 Å². The molecule has 0 amide bonds. The van der Waals surface area contributed by atoms with E-state index in [1.807, 2.05) is 23.8 Å². The van der Waals surface area contributed by atoms with Gasteiger partial charge in [0.25, 0.3) is 0 Å². The summed E-state index contributed by atoms with van der Waals surface area (Å²) in [5.74, 6) is 0.688. The number of nitrogens with zero attached hydrogens (tertiary/aromatic N) is 4. The molecule has 3 heterocycles. The molecule has 3 aromatic rings. The van der Waals surface area contributed by atoms with Gasteiger partial charge in [-0.05, 0) is 68.5 Å². The number of hydrogen-bond acceptors (Lipinski definition) is 5. The van der Waals surface area contributed by atoms with Crippen LogP contribution in [0.25, 0.3) is 5.69 Å². The minimum atomic E-state index is -0.534. The fraction of sp³-hybridized carbons (Fsp3) is 0.385. The fourth-order valence-electron chi connectivity index (χ4n) is 4.92. The van der Waals surface area contributed by atoms with Gasteiger partial charge >= 0.3 is 0 Å². The molecule has 0 bridgehead atoms. The number of methoxy groups -OCH3 is 1. The SMILES string of the molecule is COc1cc(CC2CCCN3C2=NOC[C@@H]3c2cc(F)c(C)c(F)c2)ccc1-n1cnc(C)c1. The number of piperidine rings is 1. The summed E-state index contributed by atoms with van der Waals surface area (Å²) in [6.45, 7) is 4.45. The molecule has 178 valence electrons. The predicted octanol–water partition coefficient (Wildman–Crippen LogP) is 5.12. The number of fused-ring (bicyclic) bond motifs is 1. The highest BCUT2D eigenvalue weighted by molar-refractivity contribution is 5.86. The third-order valence-electron chi connectivity index (χ3n) is 6.78. The molecule has 1 saturated heterocycles. The van der Waals surface area contributed by atoms with Crippen molar-refractivity contribution in [1.82, 2.24) is 14.5 Å². The molecule has 1 aromatic heterocycles. The first-order valence-electron chi connectivity index (χ1n) is 11.5. The second-order valence-electron chi connectivity index (χ2n) is 9.04. The molecule has 8 heteroatoms. The zero-order valence-electron chi connectivity index (χ0n) is 19.6. The Hall–Kier alpha value is -3.42. The Morgan fingerprint density at radius 2 is 1.94 bits per heavy atom. The molecule has 1 unspecified atom stereocenters. The van der Waals surface area contributed by atoms with Gasteiger partial charge < -0.3 is 19.0 Å². The molecule has 0 saturated carbocycles. The molecule has 0 N–H and O–H groups in total. The maximum atomic E-state index is 14.3. The second kappa shape index (κ2) is 9.08. The van der Waals surface area contributed by atoms with Gasteiger partial charge in [-0.2, -0.15) is 0 Å². The molecule has 34 heavy (non-hydrogen) atoms. The van der Waals surface area contributed by atoms with E-state index in [4.69, 9.17) is 9.57 Å². The molecular formula is C26H28F2N4O2. The van der Waals surface area contributed by atoms with Crippen LogP contribution < -0.4 is 4.74 Å². The van der Waals surface area contributed by atoms with Crippen LogP contribution in [0.15, 0.2) is 48.0 Å². The number of benzene rings is 2. The minimum absolute atomic E-state index is 0.0362. The van der Waals surface area contributed by atoms with Gasteiger partial charge in [-0.3, -0.25) is 0 Å². The highest BCUT2D eigenvalue weighted by atomic mass is 19.1. The number of aryl methyl sites for hydroxylation is 1. The maximum absolute atomic E-state index is 14.3. The standard InChI is InChI=1S/C26H28F2N4O2/c1-16-13-31(15-29-16)23-7-6-18(10-25(23)33-3)9-19-5-4-8-32-24(14-34-30-26(19)32)20-11-21(27)17(2)22(28)12-20/h6-7,10-13,15,19,24H,4-5,8-9,14H2,1-3H3/t19?,24-/m1/s1. The summed E-state index contributed by atoms with van der Waals surface area (Å²) >= 11 is 0. The highest BCUT2D eigenvalue weighted by Gasteiger charge is 2.36. The lowest BCUT2D eigenvalue weighted by molar-refractivity contribution is 0.0473. The zero-order chi connectivity index (χ0) is 23.8. The van der Waals surface area contributed by atoms with Gasteiger partial charge in [-0.15, -0.1) is 0 Å². The van der Waals surface area contributed by atoms with Crippen LogP contribution >= 0.6 is 0 Å². The zero-order valence-corrected chi connectivity index (χ0v) is 19.6. The van der Waals surface area contributed by atoms with E-state index < -0.39 is 11.6 Å². The molecule has 2 atom stereocenters. The van der Waals surface area contributed by atoms with Gasteiger partial charge in [0, 0.05) is 24.2 Å². The van der Waals surface area contributed by atoms with E-state index in [0.717, 1.165) is 54.3 Å². The molecule has 5 rings (SSSR count). The molecular weight excluding hydrogens is 438 g/mol. The van der Waals surface area contributed by atoms with Gasteiger partial charge in [-0.1, -0.05) is 11.2 Å². The number of halogens is 2. The maximum Gasteiger partial charge on any atom is 0.148 e. The normalized spacial score (nSPS) is 19.9. The summed E-state index contributed by atoms with van der Waals surface area (Å²) in [5, 5.41) is 4.39. The molecule has 6 nitrogen and oxygen atoms in total. The monoisotopic (exact) mass is 466 g/mol. The van der Waals surface area contributed by atoms with E-state index in [9.17, 15) is 8.78 Å². The third-order valence-corrected chi connectivity index (χ3v) is 6.78. The number of ether oxygens (including phenoxy) is 1. The van der Waals surface area contributed by atoms with E-state index in [1.165, 1.54) is 19.1 Å². The van der Waals surface area contributed by atoms with Gasteiger partial charge in [0.1, 0.15) is 29.8 Å². The average Bonchev–Trinajstić information content (AvgIpc) is 3.28. The quantitative estimate of drug-likeness (QED) is 0.524. The van der Waals surface area contributed by atoms with Crippen LogP contribution in [0.1, 0.15) is 41.3 Å². The Bertz CT molecular complexity index is 1220. The summed E-state index contributed by atoms with van der Waals surface area (Å²) in [5.41, 5.74) is 3.61. The number of imidazole rings is 1. The lowest BCUT2D eigenvalue weighted by Crippen LogP contribution is -2.47. The molecule has 1 fully saturated rings. The summed E-state index contributed by atoms with van der Waals surface area (Å²) in [6, 6.07) is 8.76. The predicted molar refractivity (Wildman–Crippen MR) is 125 cm³/mol. The number of hydrogen-bond donors (Lipinski definition) is 0. The van der Waals surface area contributed by atoms with Crippen LogP contribution in [0.2, 0.25) is 0 Å². The Labute approximate surface area is 197 Å². The number of amidine groups is 1. The van der Waals surface area contributed by atoms with Gasteiger partial charge in [0.05, 0.1) is 30.9 Å². The van der Waals surface area contributed by atoms with Crippen molar-refractivity contribution in [3.05, 3.63) is 76.9 Å². The van der Waals surface area contributed by atoms with Crippen LogP contribution in [0.5, 0.6) is 5.75 Å². The van der Waals surface area contributed by atoms with Crippen molar-refractivity contribution in [3.63, 3.8) is 0 Å². The van der Waals surface area contributed by atoms with Gasteiger partial charge in [-0.25, -0.2) is 13.8 Å². The lowest BCUT2D eigenvalue weighted by atomic mass is 9.88. The topological polar surface area (TPSA) is 51.9 Å². The van der Waals surface area contributed by atoms with E-state index >= 15 is 0 Å². The summed E-state index contributed by atoms with van der Waals surface area (Å²) in [4.78, 5) is 12.0. The largest absolute Gasteiger partial charge is 0.495 e. The fourth-order valence-corrected chi connectivity index (χ4v) is 4.92. The van der Waals surface area contributed by atoms with E-state index in [1.54, 1.807) is 13.4 Å². The Morgan fingerprint density at radius 3 is 2.65 bits per heavy atom. The van der Waals surface area contributed by atoms with Crippen LogP contribution in [-0.4, -0.2) is 40.5 Å². The van der Waals surface area contributed by atoms with Crippen molar-refractivity contribution < 1.29 is 18.4 Å². The van der Waals surface area contributed by atoms with Gasteiger partial charge in [0.15, 0.2) is 0 Å². The number of rotatable bonds is 5.